The first-order valence-electron chi connectivity index (χ1n) is 10.8. The zero-order chi connectivity index (χ0) is 20.2. The van der Waals surface area contributed by atoms with Gasteiger partial charge in [0.15, 0.2) is 11.5 Å². The number of rotatable bonds is 8. The molecule has 4 heteroatoms. The van der Waals surface area contributed by atoms with E-state index in [9.17, 15) is 5.11 Å². The topological polar surface area (TPSA) is 50.7 Å². The van der Waals surface area contributed by atoms with Gasteiger partial charge < -0.3 is 19.9 Å². The highest BCUT2D eigenvalue weighted by molar-refractivity contribution is 5.62. The van der Waals surface area contributed by atoms with Gasteiger partial charge >= 0.3 is 0 Å². The number of benzene rings is 2. The number of nitrogens with one attached hydrogen (secondary N) is 1. The van der Waals surface area contributed by atoms with Crippen LogP contribution < -0.4 is 14.8 Å². The molecule has 3 unspecified atom stereocenters. The van der Waals surface area contributed by atoms with E-state index < -0.39 is 0 Å². The summed E-state index contributed by atoms with van der Waals surface area (Å²) < 4.78 is 11.4. The lowest BCUT2D eigenvalue weighted by Gasteiger charge is -2.37. The van der Waals surface area contributed by atoms with Crippen LogP contribution in [0, 0.1) is 5.92 Å². The van der Waals surface area contributed by atoms with Crippen LogP contribution in [-0.4, -0.2) is 18.8 Å². The molecule has 29 heavy (non-hydrogen) atoms. The van der Waals surface area contributed by atoms with Gasteiger partial charge in [0.1, 0.15) is 5.75 Å². The first kappa shape index (κ1) is 19.7. The van der Waals surface area contributed by atoms with Gasteiger partial charge in [-0.15, -0.1) is 0 Å². The van der Waals surface area contributed by atoms with Gasteiger partial charge in [0.2, 0.25) is 0 Å². The maximum atomic E-state index is 9.96. The fourth-order valence-electron chi connectivity index (χ4n) is 4.60. The van der Waals surface area contributed by atoms with E-state index in [0.717, 1.165) is 36.4 Å². The van der Waals surface area contributed by atoms with E-state index in [1.54, 1.807) is 13.2 Å². The molecule has 154 valence electrons. The smallest absolute Gasteiger partial charge is 0.160 e. The summed E-state index contributed by atoms with van der Waals surface area (Å²) >= 11 is 0. The molecule has 0 saturated carbocycles. The van der Waals surface area contributed by atoms with E-state index in [1.165, 1.54) is 24.8 Å². The zero-order valence-corrected chi connectivity index (χ0v) is 17.4. The molecular weight excluding hydrogens is 362 g/mol. The second kappa shape index (κ2) is 8.81. The highest BCUT2D eigenvalue weighted by atomic mass is 16.5. The first-order chi connectivity index (χ1) is 14.2. The molecule has 3 atom stereocenters. The number of ether oxygens (including phenoxy) is 2. The van der Waals surface area contributed by atoms with Crippen LogP contribution in [0.25, 0.3) is 0 Å². The Hall–Kier alpha value is -2.62. The summed E-state index contributed by atoms with van der Waals surface area (Å²) in [4.78, 5) is 0. The molecule has 2 N–H and O–H groups in total. The summed E-state index contributed by atoms with van der Waals surface area (Å²) in [5.41, 5.74) is 3.62. The molecule has 0 saturated heterocycles. The third-order valence-electron chi connectivity index (χ3n) is 6.16. The molecule has 4 nitrogen and oxygen atoms in total. The van der Waals surface area contributed by atoms with Crippen LogP contribution >= 0.6 is 0 Å². The minimum Gasteiger partial charge on any atom is -0.504 e. The van der Waals surface area contributed by atoms with Gasteiger partial charge in [-0.1, -0.05) is 44.4 Å². The Morgan fingerprint density at radius 2 is 2.00 bits per heavy atom. The molecular formula is C25H31NO3. The number of unbranched alkanes of at least 4 members (excludes halogenated alkanes) is 3. The Morgan fingerprint density at radius 3 is 2.83 bits per heavy atom. The van der Waals surface area contributed by atoms with E-state index >= 15 is 0 Å². The number of aromatic hydroxyl groups is 1. The SMILES string of the molecule is CCCCCCOc1ccc2c(c1)C1C=CCC1C(c1ccc(O)c(OC)c1)N2. The van der Waals surface area contributed by atoms with E-state index in [-0.39, 0.29) is 11.8 Å². The molecule has 0 bridgehead atoms. The molecule has 2 aromatic carbocycles. The van der Waals surface area contributed by atoms with E-state index in [1.807, 2.05) is 12.1 Å². The Kier molecular flexibility index (Phi) is 5.98. The van der Waals surface area contributed by atoms with Crippen molar-refractivity contribution in [2.45, 2.75) is 51.0 Å². The predicted molar refractivity (Wildman–Crippen MR) is 117 cm³/mol. The Labute approximate surface area is 173 Å². The molecule has 0 spiro atoms. The molecule has 0 radical (unpaired) electrons. The van der Waals surface area contributed by atoms with Crippen molar-refractivity contribution in [1.82, 2.24) is 0 Å². The number of fused-ring (bicyclic) bond motifs is 3. The lowest BCUT2D eigenvalue weighted by Crippen LogP contribution is -2.29. The van der Waals surface area contributed by atoms with E-state index in [2.05, 4.69) is 42.6 Å². The summed E-state index contributed by atoms with van der Waals surface area (Å²) in [6.07, 6.45) is 10.5. The largest absolute Gasteiger partial charge is 0.504 e. The fourth-order valence-corrected chi connectivity index (χ4v) is 4.60. The van der Waals surface area contributed by atoms with Crippen molar-refractivity contribution in [3.05, 3.63) is 59.7 Å². The van der Waals surface area contributed by atoms with Crippen molar-refractivity contribution in [3.8, 4) is 17.2 Å². The van der Waals surface area contributed by atoms with Crippen molar-refractivity contribution >= 4 is 5.69 Å². The van der Waals surface area contributed by atoms with Gasteiger partial charge in [-0.3, -0.25) is 0 Å². The number of hydrogen-bond acceptors (Lipinski definition) is 4. The molecule has 2 aliphatic rings. The molecule has 1 heterocycles. The molecule has 1 aliphatic carbocycles. The van der Waals surface area contributed by atoms with Crippen molar-refractivity contribution < 1.29 is 14.6 Å². The van der Waals surface area contributed by atoms with Crippen LogP contribution in [0.15, 0.2) is 48.6 Å². The monoisotopic (exact) mass is 393 g/mol. The zero-order valence-electron chi connectivity index (χ0n) is 17.4. The Bertz CT molecular complexity index is 876. The standard InChI is InChI=1S/C25H31NO3/c1-3-4-5-6-14-29-18-11-12-22-21(16-18)19-8-7-9-20(19)25(26-22)17-10-13-23(27)24(15-17)28-2/h7-8,10-13,15-16,19-20,25-27H,3-6,9,14H2,1-2H3. The van der Waals surface area contributed by atoms with Crippen LogP contribution in [0.1, 0.15) is 62.1 Å². The second-order valence-electron chi connectivity index (χ2n) is 8.06. The predicted octanol–water partition coefficient (Wildman–Crippen LogP) is 6.19. The molecule has 0 amide bonds. The van der Waals surface area contributed by atoms with Crippen LogP contribution in [0.4, 0.5) is 5.69 Å². The van der Waals surface area contributed by atoms with E-state index in [4.69, 9.17) is 9.47 Å². The Balaban J connectivity index is 1.54. The number of allylic oxidation sites excluding steroid dienone is 2. The quantitative estimate of drug-likeness (QED) is 0.415. The second-order valence-corrected chi connectivity index (χ2v) is 8.06. The maximum absolute atomic E-state index is 9.96. The molecule has 4 rings (SSSR count). The normalized spacial score (nSPS) is 21.9. The summed E-state index contributed by atoms with van der Waals surface area (Å²) in [5, 5.41) is 13.7. The van der Waals surface area contributed by atoms with Gasteiger partial charge in [0.25, 0.3) is 0 Å². The van der Waals surface area contributed by atoms with E-state index in [0.29, 0.717) is 17.6 Å². The lowest BCUT2D eigenvalue weighted by atomic mass is 9.77. The summed E-state index contributed by atoms with van der Waals surface area (Å²) in [7, 11) is 1.59. The Morgan fingerprint density at radius 1 is 1.10 bits per heavy atom. The lowest BCUT2D eigenvalue weighted by molar-refractivity contribution is 0.304. The molecule has 2 aromatic rings. The molecule has 1 aliphatic heterocycles. The molecule has 0 fully saturated rings. The van der Waals surface area contributed by atoms with Crippen LogP contribution in [0.2, 0.25) is 0 Å². The number of phenols is 1. The average Bonchev–Trinajstić information content (AvgIpc) is 3.24. The van der Waals surface area contributed by atoms with Crippen LogP contribution in [0.3, 0.4) is 0 Å². The minimum atomic E-state index is 0.175. The van der Waals surface area contributed by atoms with Gasteiger partial charge in [-0.2, -0.15) is 0 Å². The average molecular weight is 394 g/mol. The highest BCUT2D eigenvalue weighted by Gasteiger charge is 2.38. The summed E-state index contributed by atoms with van der Waals surface area (Å²) in [6.45, 7) is 3.01. The third kappa shape index (κ3) is 4.07. The van der Waals surface area contributed by atoms with Crippen molar-refractivity contribution in [2.24, 2.45) is 5.92 Å². The van der Waals surface area contributed by atoms with Gasteiger partial charge in [-0.05, 0) is 60.2 Å². The van der Waals surface area contributed by atoms with Crippen molar-refractivity contribution in [3.63, 3.8) is 0 Å². The first-order valence-corrected chi connectivity index (χ1v) is 10.8. The fraction of sp³-hybridized carbons (Fsp3) is 0.440. The van der Waals surface area contributed by atoms with Gasteiger partial charge in [0.05, 0.1) is 19.8 Å². The van der Waals surface area contributed by atoms with Crippen molar-refractivity contribution in [2.75, 3.05) is 19.0 Å². The van der Waals surface area contributed by atoms with Gasteiger partial charge in [0, 0.05) is 11.6 Å². The molecule has 0 aromatic heterocycles. The van der Waals surface area contributed by atoms with Crippen LogP contribution in [0.5, 0.6) is 17.2 Å². The van der Waals surface area contributed by atoms with Crippen molar-refractivity contribution in [1.29, 1.82) is 0 Å². The van der Waals surface area contributed by atoms with Crippen LogP contribution in [-0.2, 0) is 0 Å². The number of hydrogen-bond donors (Lipinski definition) is 2. The minimum absolute atomic E-state index is 0.175. The van der Waals surface area contributed by atoms with Gasteiger partial charge in [-0.25, -0.2) is 0 Å². The summed E-state index contributed by atoms with van der Waals surface area (Å²) in [6, 6.07) is 12.3. The maximum Gasteiger partial charge on any atom is 0.160 e. The summed E-state index contributed by atoms with van der Waals surface area (Å²) in [5.74, 6) is 2.47. The number of methoxy groups -OCH3 is 1. The highest BCUT2D eigenvalue weighted by Crippen LogP contribution is 2.51. The number of anilines is 1. The number of phenolic OH excluding ortho intramolecular Hbond substituents is 1. The third-order valence-corrected chi connectivity index (χ3v) is 6.16.